The molecule has 0 spiro atoms. The van der Waals surface area contributed by atoms with Crippen LogP contribution in [0.15, 0.2) is 0 Å². The van der Waals surface area contributed by atoms with Crippen LogP contribution in [0.5, 0.6) is 0 Å². The number of hydrogen-bond acceptors (Lipinski definition) is 3. The van der Waals surface area contributed by atoms with Crippen LogP contribution in [0.25, 0.3) is 0 Å². The topological polar surface area (TPSA) is 52.7 Å². The van der Waals surface area contributed by atoms with Gasteiger partial charge in [-0.25, -0.2) is 0 Å². The lowest BCUT2D eigenvalue weighted by atomic mass is 10.0. The van der Waals surface area contributed by atoms with Gasteiger partial charge in [0.05, 0.1) is 12.5 Å². The van der Waals surface area contributed by atoms with E-state index in [0.29, 0.717) is 6.54 Å². The summed E-state index contributed by atoms with van der Waals surface area (Å²) in [5.41, 5.74) is 0. The molecular weight excluding hydrogens is 230 g/mol. The zero-order valence-electron chi connectivity index (χ0n) is 11.9. The van der Waals surface area contributed by atoms with Crippen LogP contribution in [-0.4, -0.2) is 61.4 Å². The molecule has 1 saturated heterocycles. The molecule has 0 saturated carbocycles. The van der Waals surface area contributed by atoms with E-state index in [0.717, 1.165) is 19.4 Å². The molecule has 0 aromatic rings. The molecule has 1 aliphatic rings. The molecule has 18 heavy (non-hydrogen) atoms. The Bertz CT molecular complexity index is 305. The van der Waals surface area contributed by atoms with Gasteiger partial charge >= 0.3 is 0 Å². The largest absolute Gasteiger partial charge is 0.347 e. The second-order valence-corrected chi connectivity index (χ2v) is 5.19. The van der Waals surface area contributed by atoms with Gasteiger partial charge in [-0.05, 0) is 26.3 Å². The molecule has 0 aromatic heterocycles. The van der Waals surface area contributed by atoms with Crippen molar-refractivity contribution >= 4 is 11.8 Å². The third-order valence-electron chi connectivity index (χ3n) is 3.47. The van der Waals surface area contributed by atoms with Crippen LogP contribution in [-0.2, 0) is 9.59 Å². The fourth-order valence-corrected chi connectivity index (χ4v) is 2.27. The maximum absolute atomic E-state index is 12.4. The lowest BCUT2D eigenvalue weighted by Gasteiger charge is -2.27. The minimum absolute atomic E-state index is 0.0181. The van der Waals surface area contributed by atoms with Crippen LogP contribution in [0.2, 0.25) is 0 Å². The fraction of sp³-hybridized carbons (Fsp3) is 0.846. The normalized spacial score (nSPS) is 22.9. The molecular formula is C13H25N3O2. The van der Waals surface area contributed by atoms with Crippen molar-refractivity contribution in [2.24, 2.45) is 5.92 Å². The minimum Gasteiger partial charge on any atom is -0.347 e. The van der Waals surface area contributed by atoms with E-state index in [1.165, 1.54) is 4.90 Å². The van der Waals surface area contributed by atoms with Crippen LogP contribution in [0.1, 0.15) is 26.7 Å². The Morgan fingerprint density at radius 2 is 2.00 bits per heavy atom. The van der Waals surface area contributed by atoms with Crippen molar-refractivity contribution in [3.05, 3.63) is 0 Å². The monoisotopic (exact) mass is 255 g/mol. The summed E-state index contributed by atoms with van der Waals surface area (Å²) in [6, 6.07) is 0.214. The lowest BCUT2D eigenvalue weighted by molar-refractivity contribution is -0.142. The molecule has 1 N–H and O–H groups in total. The zero-order chi connectivity index (χ0) is 13.7. The van der Waals surface area contributed by atoms with Gasteiger partial charge in [0.25, 0.3) is 0 Å². The highest BCUT2D eigenvalue weighted by Crippen LogP contribution is 2.18. The molecule has 0 radical (unpaired) electrons. The maximum Gasteiger partial charge on any atom is 0.241 e. The van der Waals surface area contributed by atoms with Gasteiger partial charge in [-0.15, -0.1) is 0 Å². The molecule has 2 atom stereocenters. The van der Waals surface area contributed by atoms with Crippen molar-refractivity contribution in [2.45, 2.75) is 32.7 Å². The molecule has 104 valence electrons. The van der Waals surface area contributed by atoms with E-state index in [4.69, 9.17) is 0 Å². The molecule has 0 bridgehead atoms. The smallest absolute Gasteiger partial charge is 0.241 e. The summed E-state index contributed by atoms with van der Waals surface area (Å²) < 4.78 is 0. The van der Waals surface area contributed by atoms with Gasteiger partial charge in [0.1, 0.15) is 0 Å². The van der Waals surface area contributed by atoms with E-state index >= 15 is 0 Å². The molecule has 2 amide bonds. The van der Waals surface area contributed by atoms with E-state index in [2.05, 4.69) is 5.32 Å². The molecule has 1 rings (SSSR count). The quantitative estimate of drug-likeness (QED) is 0.769. The average Bonchev–Trinajstić information content (AvgIpc) is 2.73. The number of nitrogens with zero attached hydrogens (tertiary/aromatic N) is 2. The number of hydrogen-bond donors (Lipinski definition) is 1. The Hall–Kier alpha value is -1.10. The van der Waals surface area contributed by atoms with Gasteiger partial charge in [0.15, 0.2) is 0 Å². The van der Waals surface area contributed by atoms with E-state index in [1.807, 2.05) is 13.8 Å². The second kappa shape index (κ2) is 6.73. The van der Waals surface area contributed by atoms with Crippen LogP contribution >= 0.6 is 0 Å². The Balaban J connectivity index is 2.65. The molecule has 1 aliphatic heterocycles. The standard InChI is InChI=1S/C13H25N3O2/c1-5-8-16(9-12(17)15(3)4)13(18)11-6-7-14-10(11)2/h10-11,14H,5-9H2,1-4H3. The number of carbonyl (C=O) groups is 2. The van der Waals surface area contributed by atoms with Crippen LogP contribution in [0.3, 0.4) is 0 Å². The molecule has 0 aliphatic carbocycles. The summed E-state index contributed by atoms with van der Waals surface area (Å²) in [5.74, 6) is 0.117. The van der Waals surface area contributed by atoms with Crippen LogP contribution in [0.4, 0.5) is 0 Å². The molecule has 1 fully saturated rings. The van der Waals surface area contributed by atoms with Gasteiger partial charge in [-0.3, -0.25) is 9.59 Å². The van der Waals surface area contributed by atoms with Crippen molar-refractivity contribution in [2.75, 3.05) is 33.7 Å². The number of nitrogens with one attached hydrogen (secondary N) is 1. The van der Waals surface area contributed by atoms with E-state index < -0.39 is 0 Å². The Morgan fingerprint density at radius 3 is 2.44 bits per heavy atom. The highest BCUT2D eigenvalue weighted by molar-refractivity contribution is 5.86. The first kappa shape index (κ1) is 15.0. The van der Waals surface area contributed by atoms with Crippen LogP contribution < -0.4 is 5.32 Å². The minimum atomic E-state index is -0.0181. The third-order valence-corrected chi connectivity index (χ3v) is 3.47. The second-order valence-electron chi connectivity index (χ2n) is 5.19. The first-order valence-electron chi connectivity index (χ1n) is 6.69. The van der Waals surface area contributed by atoms with Crippen LogP contribution in [0, 0.1) is 5.92 Å². The molecule has 2 unspecified atom stereocenters. The van der Waals surface area contributed by atoms with Crippen molar-refractivity contribution < 1.29 is 9.59 Å². The maximum atomic E-state index is 12.4. The predicted molar refractivity (Wildman–Crippen MR) is 71.1 cm³/mol. The molecule has 5 nitrogen and oxygen atoms in total. The van der Waals surface area contributed by atoms with Crippen molar-refractivity contribution in [1.29, 1.82) is 0 Å². The summed E-state index contributed by atoms with van der Waals surface area (Å²) in [4.78, 5) is 27.4. The van der Waals surface area contributed by atoms with Gasteiger partial charge in [-0.2, -0.15) is 0 Å². The Labute approximate surface area is 110 Å². The molecule has 1 heterocycles. The zero-order valence-corrected chi connectivity index (χ0v) is 11.9. The van der Waals surface area contributed by atoms with E-state index in [-0.39, 0.29) is 30.3 Å². The average molecular weight is 255 g/mol. The van der Waals surface area contributed by atoms with Gasteiger partial charge in [-0.1, -0.05) is 6.92 Å². The number of rotatable bonds is 5. The van der Waals surface area contributed by atoms with E-state index in [1.54, 1.807) is 19.0 Å². The van der Waals surface area contributed by atoms with Gasteiger partial charge in [0, 0.05) is 26.7 Å². The van der Waals surface area contributed by atoms with Crippen molar-refractivity contribution in [3.8, 4) is 0 Å². The predicted octanol–water partition coefficient (Wildman–Crippen LogP) is 0.311. The molecule has 0 aromatic carbocycles. The van der Waals surface area contributed by atoms with Crippen molar-refractivity contribution in [1.82, 2.24) is 15.1 Å². The SMILES string of the molecule is CCCN(CC(=O)N(C)C)C(=O)C1CCNC1C. The summed E-state index contributed by atoms with van der Waals surface area (Å²) in [6.07, 6.45) is 1.75. The lowest BCUT2D eigenvalue weighted by Crippen LogP contribution is -2.45. The third kappa shape index (κ3) is 3.70. The highest BCUT2D eigenvalue weighted by atomic mass is 16.2. The fourth-order valence-electron chi connectivity index (χ4n) is 2.27. The summed E-state index contributed by atoms with van der Waals surface area (Å²) >= 11 is 0. The highest BCUT2D eigenvalue weighted by Gasteiger charge is 2.33. The number of carbonyl (C=O) groups excluding carboxylic acids is 2. The summed E-state index contributed by atoms with van der Waals surface area (Å²) in [5, 5.41) is 3.28. The number of likely N-dealkylation sites (N-methyl/N-ethyl adjacent to an activating group) is 1. The summed E-state index contributed by atoms with van der Waals surface area (Å²) in [6.45, 7) is 5.80. The van der Waals surface area contributed by atoms with Crippen molar-refractivity contribution in [3.63, 3.8) is 0 Å². The van der Waals surface area contributed by atoms with Gasteiger partial charge < -0.3 is 15.1 Å². The first-order valence-corrected chi connectivity index (χ1v) is 6.69. The number of amides is 2. The molecule has 5 heteroatoms. The van der Waals surface area contributed by atoms with E-state index in [9.17, 15) is 9.59 Å². The van der Waals surface area contributed by atoms with Gasteiger partial charge in [0.2, 0.25) is 11.8 Å². The first-order chi connectivity index (χ1) is 8.47. The summed E-state index contributed by atoms with van der Waals surface area (Å²) in [7, 11) is 3.44. The Kier molecular flexibility index (Phi) is 5.59. The Morgan fingerprint density at radius 1 is 1.33 bits per heavy atom.